The lowest BCUT2D eigenvalue weighted by molar-refractivity contribution is 0.0896. The van der Waals surface area contributed by atoms with Gasteiger partial charge in [-0.1, -0.05) is 6.07 Å². The Morgan fingerprint density at radius 1 is 1.32 bits per heavy atom. The van der Waals surface area contributed by atoms with Crippen molar-refractivity contribution < 1.29 is 9.53 Å². The number of aromatic amines is 1. The molecule has 2 N–H and O–H groups in total. The monoisotopic (exact) mass is 258 g/mol. The van der Waals surface area contributed by atoms with Crippen molar-refractivity contribution >= 4 is 16.7 Å². The molecule has 0 aliphatic carbocycles. The number of rotatable bonds is 3. The number of piperidine rings is 1. The van der Waals surface area contributed by atoms with E-state index >= 15 is 0 Å². The maximum atomic E-state index is 12.6. The second-order valence-corrected chi connectivity index (χ2v) is 4.97. The van der Waals surface area contributed by atoms with Gasteiger partial charge in [-0.2, -0.15) is 0 Å². The Bertz CT molecular complexity index is 597. The number of nitrogens with one attached hydrogen (secondary N) is 2. The van der Waals surface area contributed by atoms with Crippen LogP contribution in [0.4, 0.5) is 0 Å². The van der Waals surface area contributed by atoms with E-state index in [4.69, 9.17) is 4.74 Å². The van der Waals surface area contributed by atoms with Gasteiger partial charge in [0, 0.05) is 23.2 Å². The van der Waals surface area contributed by atoms with Crippen LogP contribution >= 0.6 is 0 Å². The molecule has 0 radical (unpaired) electrons. The molecule has 0 saturated carbocycles. The molecule has 1 saturated heterocycles. The van der Waals surface area contributed by atoms with Crippen LogP contribution in [-0.2, 0) is 0 Å². The third kappa shape index (κ3) is 2.12. The average Bonchev–Trinajstić information content (AvgIpc) is 2.91. The van der Waals surface area contributed by atoms with Crippen LogP contribution in [-0.4, -0.2) is 31.0 Å². The number of hydrogen-bond donors (Lipinski definition) is 2. The molecular formula is C15H18N2O2. The lowest BCUT2D eigenvalue weighted by atomic mass is 9.89. The number of H-pyrrole nitrogens is 1. The highest BCUT2D eigenvalue weighted by atomic mass is 16.5. The number of carbonyl (C=O) groups excluding carboxylic acids is 1. The first-order chi connectivity index (χ1) is 9.31. The van der Waals surface area contributed by atoms with Crippen LogP contribution in [0.3, 0.4) is 0 Å². The van der Waals surface area contributed by atoms with Crippen molar-refractivity contribution in [2.75, 3.05) is 20.2 Å². The van der Waals surface area contributed by atoms with E-state index in [1.54, 1.807) is 7.11 Å². The molecule has 2 heterocycles. The molecule has 3 rings (SSSR count). The fourth-order valence-electron chi connectivity index (χ4n) is 2.82. The first-order valence-corrected chi connectivity index (χ1v) is 6.70. The molecule has 1 aliphatic heterocycles. The zero-order valence-electron chi connectivity index (χ0n) is 11.0. The number of methoxy groups -OCH3 is 1. The van der Waals surface area contributed by atoms with Gasteiger partial charge in [-0.3, -0.25) is 4.79 Å². The molecule has 1 aliphatic rings. The zero-order valence-corrected chi connectivity index (χ0v) is 11.0. The summed E-state index contributed by atoms with van der Waals surface area (Å²) in [6.07, 6.45) is 3.65. The Hall–Kier alpha value is -1.81. The minimum Gasteiger partial charge on any atom is -0.496 e. The van der Waals surface area contributed by atoms with Gasteiger partial charge in [-0.25, -0.2) is 0 Å². The van der Waals surface area contributed by atoms with E-state index in [1.807, 2.05) is 24.4 Å². The van der Waals surface area contributed by atoms with Crippen molar-refractivity contribution in [2.24, 2.45) is 5.92 Å². The molecule has 19 heavy (non-hydrogen) atoms. The van der Waals surface area contributed by atoms with Gasteiger partial charge in [0.25, 0.3) is 0 Å². The van der Waals surface area contributed by atoms with Gasteiger partial charge in [0.2, 0.25) is 0 Å². The Labute approximate surface area is 112 Å². The SMILES string of the molecule is COc1cccc2[nH]cc(C(=O)C3CCNCC3)c12. The van der Waals surface area contributed by atoms with E-state index in [0.717, 1.165) is 48.1 Å². The van der Waals surface area contributed by atoms with Crippen molar-refractivity contribution in [3.8, 4) is 5.75 Å². The van der Waals surface area contributed by atoms with E-state index < -0.39 is 0 Å². The Morgan fingerprint density at radius 3 is 2.84 bits per heavy atom. The molecule has 1 aromatic heterocycles. The van der Waals surface area contributed by atoms with Crippen molar-refractivity contribution in [2.45, 2.75) is 12.8 Å². The smallest absolute Gasteiger partial charge is 0.168 e. The van der Waals surface area contributed by atoms with Crippen LogP contribution < -0.4 is 10.1 Å². The fourth-order valence-corrected chi connectivity index (χ4v) is 2.82. The zero-order chi connectivity index (χ0) is 13.2. The van der Waals surface area contributed by atoms with E-state index in [-0.39, 0.29) is 11.7 Å². The van der Waals surface area contributed by atoms with E-state index in [2.05, 4.69) is 10.3 Å². The lowest BCUT2D eigenvalue weighted by Crippen LogP contribution is -2.31. The molecule has 2 aromatic rings. The summed E-state index contributed by atoms with van der Waals surface area (Å²) in [6.45, 7) is 1.85. The second kappa shape index (κ2) is 5.05. The molecule has 0 unspecified atom stereocenters. The summed E-state index contributed by atoms with van der Waals surface area (Å²) in [6, 6.07) is 5.79. The number of Topliss-reactive ketones (excluding diaryl/α,β-unsaturated/α-hetero) is 1. The van der Waals surface area contributed by atoms with Gasteiger partial charge in [0.05, 0.1) is 12.5 Å². The van der Waals surface area contributed by atoms with Crippen LogP contribution in [0.1, 0.15) is 23.2 Å². The number of carbonyl (C=O) groups is 1. The Balaban J connectivity index is 2.02. The summed E-state index contributed by atoms with van der Waals surface area (Å²) in [7, 11) is 1.64. The number of ketones is 1. The first-order valence-electron chi connectivity index (χ1n) is 6.70. The maximum Gasteiger partial charge on any atom is 0.168 e. The Morgan fingerprint density at radius 2 is 2.11 bits per heavy atom. The van der Waals surface area contributed by atoms with Crippen LogP contribution in [0, 0.1) is 5.92 Å². The molecule has 0 bridgehead atoms. The molecule has 4 nitrogen and oxygen atoms in total. The van der Waals surface area contributed by atoms with Crippen molar-refractivity contribution in [3.05, 3.63) is 30.0 Å². The van der Waals surface area contributed by atoms with Gasteiger partial charge in [0.1, 0.15) is 5.75 Å². The van der Waals surface area contributed by atoms with Gasteiger partial charge < -0.3 is 15.0 Å². The summed E-state index contributed by atoms with van der Waals surface area (Å²) < 4.78 is 5.38. The molecule has 0 amide bonds. The first kappa shape index (κ1) is 12.2. The molecule has 4 heteroatoms. The normalized spacial score (nSPS) is 16.7. The minimum absolute atomic E-state index is 0.130. The Kier molecular flexibility index (Phi) is 3.25. The number of benzene rings is 1. The summed E-state index contributed by atoms with van der Waals surface area (Å²) in [5.41, 5.74) is 1.72. The average molecular weight is 258 g/mol. The topological polar surface area (TPSA) is 54.1 Å². The number of ether oxygens (including phenoxy) is 1. The predicted octanol–water partition coefficient (Wildman–Crippen LogP) is 2.36. The van der Waals surface area contributed by atoms with E-state index in [0.29, 0.717) is 0 Å². The van der Waals surface area contributed by atoms with Crippen molar-refractivity contribution in [1.82, 2.24) is 10.3 Å². The molecule has 1 fully saturated rings. The highest BCUT2D eigenvalue weighted by molar-refractivity contribution is 6.10. The standard InChI is InChI=1S/C15H18N2O2/c1-19-13-4-2-3-12-14(13)11(9-17-12)15(18)10-5-7-16-8-6-10/h2-4,9-10,16-17H,5-8H2,1H3. The molecule has 100 valence electrons. The highest BCUT2D eigenvalue weighted by Crippen LogP contribution is 2.31. The van der Waals surface area contributed by atoms with Gasteiger partial charge >= 0.3 is 0 Å². The lowest BCUT2D eigenvalue weighted by Gasteiger charge is -2.21. The van der Waals surface area contributed by atoms with Gasteiger partial charge in [-0.05, 0) is 38.1 Å². The van der Waals surface area contributed by atoms with E-state index in [1.165, 1.54) is 0 Å². The van der Waals surface area contributed by atoms with Crippen LogP contribution in [0.25, 0.3) is 10.9 Å². The molecule has 0 atom stereocenters. The van der Waals surface area contributed by atoms with Crippen LogP contribution in [0.5, 0.6) is 5.75 Å². The van der Waals surface area contributed by atoms with Crippen molar-refractivity contribution in [1.29, 1.82) is 0 Å². The van der Waals surface area contributed by atoms with Crippen LogP contribution in [0.2, 0.25) is 0 Å². The fraction of sp³-hybridized carbons (Fsp3) is 0.400. The van der Waals surface area contributed by atoms with Crippen LogP contribution in [0.15, 0.2) is 24.4 Å². The summed E-state index contributed by atoms with van der Waals surface area (Å²) in [5, 5.41) is 4.20. The van der Waals surface area contributed by atoms with Gasteiger partial charge in [-0.15, -0.1) is 0 Å². The van der Waals surface area contributed by atoms with Crippen molar-refractivity contribution in [3.63, 3.8) is 0 Å². The highest BCUT2D eigenvalue weighted by Gasteiger charge is 2.25. The maximum absolute atomic E-state index is 12.6. The quantitative estimate of drug-likeness (QED) is 0.831. The third-order valence-corrected chi connectivity index (χ3v) is 3.86. The predicted molar refractivity (Wildman–Crippen MR) is 74.8 cm³/mol. The summed E-state index contributed by atoms with van der Waals surface area (Å²) >= 11 is 0. The molecule has 1 aromatic carbocycles. The second-order valence-electron chi connectivity index (χ2n) is 4.97. The minimum atomic E-state index is 0.130. The summed E-state index contributed by atoms with van der Waals surface area (Å²) in [4.78, 5) is 15.8. The number of hydrogen-bond acceptors (Lipinski definition) is 3. The summed E-state index contributed by atoms with van der Waals surface area (Å²) in [5.74, 6) is 1.12. The molecular weight excluding hydrogens is 240 g/mol. The third-order valence-electron chi connectivity index (χ3n) is 3.86. The van der Waals surface area contributed by atoms with Gasteiger partial charge in [0.15, 0.2) is 5.78 Å². The van der Waals surface area contributed by atoms with E-state index in [9.17, 15) is 4.79 Å². The number of aromatic nitrogens is 1. The largest absolute Gasteiger partial charge is 0.496 e. The molecule has 0 spiro atoms. The number of fused-ring (bicyclic) bond motifs is 1.